The van der Waals surface area contributed by atoms with Crippen molar-refractivity contribution in [1.29, 1.82) is 0 Å². The van der Waals surface area contributed by atoms with Crippen molar-refractivity contribution in [2.45, 2.75) is 31.5 Å². The number of ether oxygens (including phenoxy) is 1. The molecule has 0 aliphatic carbocycles. The van der Waals surface area contributed by atoms with Gasteiger partial charge in [-0.05, 0) is 18.9 Å². The minimum Gasteiger partial charge on any atom is -0.381 e. The fourth-order valence-electron chi connectivity index (χ4n) is 2.60. The molecule has 1 aliphatic heterocycles. The van der Waals surface area contributed by atoms with Crippen LogP contribution in [0, 0.1) is 11.6 Å². The van der Waals surface area contributed by atoms with E-state index in [0.717, 1.165) is 25.5 Å². The van der Waals surface area contributed by atoms with Gasteiger partial charge in [0.2, 0.25) is 0 Å². The van der Waals surface area contributed by atoms with Gasteiger partial charge in [-0.15, -0.1) is 0 Å². The van der Waals surface area contributed by atoms with Gasteiger partial charge in [0.15, 0.2) is 0 Å². The second kappa shape index (κ2) is 6.41. The highest BCUT2D eigenvalue weighted by molar-refractivity contribution is 5.18. The number of hydrogen-bond donors (Lipinski definition) is 1. The average Bonchev–Trinajstić information content (AvgIpc) is 2.42. The molecule has 0 amide bonds. The van der Waals surface area contributed by atoms with Crippen LogP contribution in [0.2, 0.25) is 0 Å². The summed E-state index contributed by atoms with van der Waals surface area (Å²) in [6.07, 6.45) is 1.99. The van der Waals surface area contributed by atoms with E-state index < -0.39 is 11.6 Å². The number of rotatable bonds is 4. The van der Waals surface area contributed by atoms with Gasteiger partial charge >= 0.3 is 0 Å². The van der Waals surface area contributed by atoms with Crippen LogP contribution in [0.15, 0.2) is 18.2 Å². The Hall–Kier alpha value is -1.04. The Balaban J connectivity index is 2.05. The summed E-state index contributed by atoms with van der Waals surface area (Å²) in [5, 5.41) is 0. The van der Waals surface area contributed by atoms with Gasteiger partial charge in [-0.3, -0.25) is 4.90 Å². The third-order valence-corrected chi connectivity index (χ3v) is 3.78. The predicted octanol–water partition coefficient (Wildman–Crippen LogP) is 1.90. The second-order valence-electron chi connectivity index (χ2n) is 4.98. The van der Waals surface area contributed by atoms with Crippen LogP contribution in [-0.2, 0) is 11.3 Å². The highest BCUT2D eigenvalue weighted by Gasteiger charge is 2.27. The van der Waals surface area contributed by atoms with E-state index in [0.29, 0.717) is 18.7 Å². The number of benzene rings is 1. The summed E-state index contributed by atoms with van der Waals surface area (Å²) in [6.45, 7) is 1.80. The SMILES string of the molecule is COC1CCN(Cc2ccc(F)cc2F)C(CN)C1. The Morgan fingerprint density at radius 3 is 2.84 bits per heavy atom. The lowest BCUT2D eigenvalue weighted by molar-refractivity contribution is 0.00987. The van der Waals surface area contributed by atoms with Crippen molar-refractivity contribution in [3.05, 3.63) is 35.4 Å². The van der Waals surface area contributed by atoms with Gasteiger partial charge < -0.3 is 10.5 Å². The Morgan fingerprint density at radius 1 is 1.42 bits per heavy atom. The van der Waals surface area contributed by atoms with Gasteiger partial charge in [0.05, 0.1) is 6.10 Å². The maximum absolute atomic E-state index is 13.7. The monoisotopic (exact) mass is 270 g/mol. The molecular formula is C14H20F2N2O. The Morgan fingerprint density at radius 2 is 2.21 bits per heavy atom. The minimum atomic E-state index is -0.547. The molecule has 1 saturated heterocycles. The van der Waals surface area contributed by atoms with Crippen molar-refractivity contribution in [3.63, 3.8) is 0 Å². The van der Waals surface area contributed by atoms with Crippen molar-refractivity contribution >= 4 is 0 Å². The highest BCUT2D eigenvalue weighted by atomic mass is 19.1. The predicted molar refractivity (Wildman–Crippen MR) is 69.6 cm³/mol. The second-order valence-corrected chi connectivity index (χ2v) is 4.98. The molecule has 2 N–H and O–H groups in total. The molecule has 3 nitrogen and oxygen atoms in total. The largest absolute Gasteiger partial charge is 0.381 e. The Kier molecular flexibility index (Phi) is 4.85. The fraction of sp³-hybridized carbons (Fsp3) is 0.571. The lowest BCUT2D eigenvalue weighted by atomic mass is 9.98. The van der Waals surface area contributed by atoms with Gasteiger partial charge in [0, 0.05) is 44.4 Å². The lowest BCUT2D eigenvalue weighted by Crippen LogP contribution is -2.48. The van der Waals surface area contributed by atoms with E-state index in [9.17, 15) is 8.78 Å². The number of halogens is 2. The molecule has 1 fully saturated rings. The summed E-state index contributed by atoms with van der Waals surface area (Å²) >= 11 is 0. The first-order valence-electron chi connectivity index (χ1n) is 6.55. The summed E-state index contributed by atoms with van der Waals surface area (Å²) < 4.78 is 31.9. The lowest BCUT2D eigenvalue weighted by Gasteiger charge is -2.38. The quantitative estimate of drug-likeness (QED) is 0.908. The third-order valence-electron chi connectivity index (χ3n) is 3.78. The summed E-state index contributed by atoms with van der Waals surface area (Å²) in [5.41, 5.74) is 6.29. The van der Waals surface area contributed by atoms with Crippen LogP contribution in [0.4, 0.5) is 8.78 Å². The van der Waals surface area contributed by atoms with Crippen molar-refractivity contribution in [1.82, 2.24) is 4.90 Å². The average molecular weight is 270 g/mol. The van der Waals surface area contributed by atoms with E-state index in [4.69, 9.17) is 10.5 Å². The van der Waals surface area contributed by atoms with E-state index in [1.165, 1.54) is 12.1 Å². The first-order chi connectivity index (χ1) is 9.13. The van der Waals surface area contributed by atoms with Gasteiger partial charge in [-0.25, -0.2) is 8.78 Å². The zero-order chi connectivity index (χ0) is 13.8. The number of nitrogens with two attached hydrogens (primary N) is 1. The number of methoxy groups -OCH3 is 1. The normalized spacial score (nSPS) is 24.6. The van der Waals surface area contributed by atoms with E-state index in [-0.39, 0.29) is 12.1 Å². The van der Waals surface area contributed by atoms with Gasteiger partial charge in [0.1, 0.15) is 11.6 Å². The zero-order valence-corrected chi connectivity index (χ0v) is 11.1. The molecule has 2 rings (SSSR count). The molecule has 2 unspecified atom stereocenters. The Labute approximate surface area is 112 Å². The maximum Gasteiger partial charge on any atom is 0.130 e. The topological polar surface area (TPSA) is 38.5 Å². The third kappa shape index (κ3) is 3.49. The van der Waals surface area contributed by atoms with Gasteiger partial charge in [-0.1, -0.05) is 6.07 Å². The van der Waals surface area contributed by atoms with Crippen LogP contribution in [0.1, 0.15) is 18.4 Å². The van der Waals surface area contributed by atoms with Crippen molar-refractivity contribution in [3.8, 4) is 0 Å². The summed E-state index contributed by atoms with van der Waals surface area (Å²) in [7, 11) is 1.70. The van der Waals surface area contributed by atoms with Crippen LogP contribution < -0.4 is 5.73 Å². The van der Waals surface area contributed by atoms with Gasteiger partial charge in [-0.2, -0.15) is 0 Å². The molecule has 1 aliphatic rings. The molecule has 1 aromatic rings. The molecule has 0 aromatic heterocycles. The summed E-state index contributed by atoms with van der Waals surface area (Å²) in [5.74, 6) is -1.04. The molecule has 0 bridgehead atoms. The van der Waals surface area contributed by atoms with Crippen LogP contribution >= 0.6 is 0 Å². The Bertz CT molecular complexity index is 428. The molecule has 5 heteroatoms. The van der Waals surface area contributed by atoms with E-state index >= 15 is 0 Å². The van der Waals surface area contributed by atoms with Crippen molar-refractivity contribution in [2.24, 2.45) is 5.73 Å². The van der Waals surface area contributed by atoms with Crippen LogP contribution in [-0.4, -0.2) is 37.2 Å². The molecule has 19 heavy (non-hydrogen) atoms. The smallest absolute Gasteiger partial charge is 0.130 e. The minimum absolute atomic E-state index is 0.183. The number of likely N-dealkylation sites (tertiary alicyclic amines) is 1. The molecule has 1 aromatic carbocycles. The molecule has 0 spiro atoms. The molecule has 106 valence electrons. The molecule has 0 saturated carbocycles. The number of nitrogens with zero attached hydrogens (tertiary/aromatic N) is 1. The van der Waals surface area contributed by atoms with Gasteiger partial charge in [0.25, 0.3) is 0 Å². The van der Waals surface area contributed by atoms with Crippen LogP contribution in [0.25, 0.3) is 0 Å². The zero-order valence-electron chi connectivity index (χ0n) is 11.1. The number of hydrogen-bond acceptors (Lipinski definition) is 3. The van der Waals surface area contributed by atoms with Crippen molar-refractivity contribution < 1.29 is 13.5 Å². The van der Waals surface area contributed by atoms with E-state index in [1.807, 2.05) is 0 Å². The molecular weight excluding hydrogens is 250 g/mol. The fourth-order valence-corrected chi connectivity index (χ4v) is 2.60. The molecule has 1 heterocycles. The standard InChI is InChI=1S/C14H20F2N2O/c1-19-13-4-5-18(12(7-13)8-17)9-10-2-3-11(15)6-14(10)16/h2-3,6,12-13H,4-5,7-9,17H2,1H3. The highest BCUT2D eigenvalue weighted by Crippen LogP contribution is 2.22. The molecule has 2 atom stereocenters. The summed E-state index contributed by atoms with van der Waals surface area (Å²) in [4.78, 5) is 2.14. The molecule has 0 radical (unpaired) electrons. The van der Waals surface area contributed by atoms with Crippen LogP contribution in [0.5, 0.6) is 0 Å². The van der Waals surface area contributed by atoms with E-state index in [2.05, 4.69) is 4.90 Å². The van der Waals surface area contributed by atoms with Crippen LogP contribution in [0.3, 0.4) is 0 Å². The maximum atomic E-state index is 13.7. The first-order valence-corrected chi connectivity index (χ1v) is 6.55. The van der Waals surface area contributed by atoms with Crippen molar-refractivity contribution in [2.75, 3.05) is 20.2 Å². The van der Waals surface area contributed by atoms with E-state index in [1.54, 1.807) is 7.11 Å². The first kappa shape index (κ1) is 14.4. The summed E-state index contributed by atoms with van der Waals surface area (Å²) in [6, 6.07) is 3.90. The number of piperidine rings is 1.